The Balaban J connectivity index is 2.82. The number of likely N-dealkylation sites (N-methyl/N-ethyl adjacent to an activating group) is 1. The molecule has 17 heavy (non-hydrogen) atoms. The maximum Gasteiger partial charge on any atom is 0.122 e. The molecule has 96 valence electrons. The molecule has 1 unspecified atom stereocenters. The quantitative estimate of drug-likeness (QED) is 0.750. The Morgan fingerprint density at radius 1 is 1.29 bits per heavy atom. The average Bonchev–Trinajstić information content (AvgIpc) is 2.28. The molecular weight excluding hydrogens is 210 g/mol. The van der Waals surface area contributed by atoms with Crippen LogP contribution in [0.1, 0.15) is 31.4 Å². The minimum absolute atomic E-state index is 0.528. The second kappa shape index (κ2) is 6.65. The predicted molar refractivity (Wildman–Crippen MR) is 73.8 cm³/mol. The van der Waals surface area contributed by atoms with Gasteiger partial charge in [-0.25, -0.2) is 0 Å². The molecule has 0 bridgehead atoms. The van der Waals surface area contributed by atoms with E-state index in [0.29, 0.717) is 6.04 Å². The number of hydrogen-bond donors (Lipinski definition) is 0. The zero-order chi connectivity index (χ0) is 12.8. The molecule has 1 rings (SSSR count). The molecule has 0 aliphatic heterocycles. The zero-order valence-electron chi connectivity index (χ0n) is 11.8. The third-order valence-corrected chi connectivity index (χ3v) is 3.07. The lowest BCUT2D eigenvalue weighted by atomic mass is 10.0. The minimum Gasteiger partial charge on any atom is -0.493 e. The summed E-state index contributed by atoms with van der Waals surface area (Å²) in [5, 5.41) is 0. The van der Waals surface area contributed by atoms with Crippen LogP contribution in [0, 0.1) is 6.92 Å². The Labute approximate surface area is 106 Å². The first-order chi connectivity index (χ1) is 8.04. The maximum absolute atomic E-state index is 5.80. The second-order valence-electron chi connectivity index (χ2n) is 4.98. The fourth-order valence-electron chi connectivity index (χ4n) is 1.72. The first-order valence-electron chi connectivity index (χ1n) is 6.43. The van der Waals surface area contributed by atoms with E-state index in [1.807, 2.05) is 0 Å². The summed E-state index contributed by atoms with van der Waals surface area (Å²) in [5.41, 5.74) is 2.62. The van der Waals surface area contributed by atoms with Crippen LogP contribution in [0.15, 0.2) is 18.2 Å². The van der Waals surface area contributed by atoms with Crippen LogP contribution in [0.5, 0.6) is 5.75 Å². The number of rotatable bonds is 6. The first kappa shape index (κ1) is 14.0. The third-order valence-electron chi connectivity index (χ3n) is 3.07. The first-order valence-corrected chi connectivity index (χ1v) is 6.43. The van der Waals surface area contributed by atoms with Crippen LogP contribution in [0.3, 0.4) is 0 Å². The molecular formula is C15H25NO. The van der Waals surface area contributed by atoms with Gasteiger partial charge in [-0.15, -0.1) is 0 Å². The Hall–Kier alpha value is -1.02. The summed E-state index contributed by atoms with van der Waals surface area (Å²) in [6, 6.07) is 6.99. The van der Waals surface area contributed by atoms with Crippen molar-refractivity contribution in [3.63, 3.8) is 0 Å². The minimum atomic E-state index is 0.528. The monoisotopic (exact) mass is 235 g/mol. The lowest BCUT2D eigenvalue weighted by Gasteiger charge is -2.21. The number of ether oxygens (including phenoxy) is 1. The highest BCUT2D eigenvalue weighted by atomic mass is 16.5. The molecule has 1 aromatic carbocycles. The van der Waals surface area contributed by atoms with E-state index >= 15 is 0 Å². The SMILES string of the molecule is CCCOc1ccc(C)cc1CC(C)N(C)C. The van der Waals surface area contributed by atoms with Crippen LogP contribution in [0.2, 0.25) is 0 Å². The van der Waals surface area contributed by atoms with Crippen molar-refractivity contribution in [2.45, 2.75) is 39.7 Å². The van der Waals surface area contributed by atoms with E-state index in [1.165, 1.54) is 11.1 Å². The fourth-order valence-corrected chi connectivity index (χ4v) is 1.72. The second-order valence-corrected chi connectivity index (χ2v) is 4.98. The number of aryl methyl sites for hydroxylation is 1. The lowest BCUT2D eigenvalue weighted by molar-refractivity contribution is 0.294. The van der Waals surface area contributed by atoms with Crippen LogP contribution in [0.25, 0.3) is 0 Å². The Morgan fingerprint density at radius 2 is 2.00 bits per heavy atom. The molecule has 2 nitrogen and oxygen atoms in total. The van der Waals surface area contributed by atoms with Crippen LogP contribution >= 0.6 is 0 Å². The molecule has 2 heteroatoms. The molecule has 0 N–H and O–H groups in total. The van der Waals surface area contributed by atoms with Crippen molar-refractivity contribution in [2.24, 2.45) is 0 Å². The summed E-state index contributed by atoms with van der Waals surface area (Å²) < 4.78 is 5.80. The Kier molecular flexibility index (Phi) is 5.49. The molecule has 0 saturated heterocycles. The van der Waals surface area contributed by atoms with Crippen LogP contribution in [-0.4, -0.2) is 31.6 Å². The van der Waals surface area contributed by atoms with Crippen molar-refractivity contribution in [2.75, 3.05) is 20.7 Å². The van der Waals surface area contributed by atoms with Gasteiger partial charge >= 0.3 is 0 Å². The number of nitrogens with zero attached hydrogens (tertiary/aromatic N) is 1. The highest BCUT2D eigenvalue weighted by molar-refractivity contribution is 5.37. The van der Waals surface area contributed by atoms with Crippen LogP contribution in [-0.2, 0) is 6.42 Å². The smallest absolute Gasteiger partial charge is 0.122 e. The Morgan fingerprint density at radius 3 is 2.59 bits per heavy atom. The topological polar surface area (TPSA) is 12.5 Å². The van der Waals surface area contributed by atoms with Gasteiger partial charge in [0.2, 0.25) is 0 Å². The molecule has 0 aliphatic carbocycles. The summed E-state index contributed by atoms with van der Waals surface area (Å²) in [4.78, 5) is 2.24. The predicted octanol–water partition coefficient (Wildman–Crippen LogP) is 3.28. The molecule has 0 aliphatic rings. The molecule has 1 atom stereocenters. The van der Waals surface area contributed by atoms with E-state index < -0.39 is 0 Å². The van der Waals surface area contributed by atoms with Gasteiger partial charge in [-0.1, -0.05) is 24.6 Å². The summed E-state index contributed by atoms with van der Waals surface area (Å²) in [5.74, 6) is 1.05. The summed E-state index contributed by atoms with van der Waals surface area (Å²) in [6.45, 7) is 7.31. The van der Waals surface area contributed by atoms with Crippen molar-refractivity contribution >= 4 is 0 Å². The molecule has 0 spiro atoms. The van der Waals surface area contributed by atoms with Gasteiger partial charge in [0, 0.05) is 6.04 Å². The largest absolute Gasteiger partial charge is 0.493 e. The van der Waals surface area contributed by atoms with Gasteiger partial charge in [0.25, 0.3) is 0 Å². The maximum atomic E-state index is 5.80. The van der Waals surface area contributed by atoms with Gasteiger partial charge in [0.05, 0.1) is 6.61 Å². The van der Waals surface area contributed by atoms with E-state index in [-0.39, 0.29) is 0 Å². The molecule has 0 fully saturated rings. The lowest BCUT2D eigenvalue weighted by Crippen LogP contribution is -2.26. The third kappa shape index (κ3) is 4.39. The molecule has 1 aromatic rings. The highest BCUT2D eigenvalue weighted by Gasteiger charge is 2.10. The van der Waals surface area contributed by atoms with Gasteiger partial charge in [0.1, 0.15) is 5.75 Å². The van der Waals surface area contributed by atoms with Gasteiger partial charge in [-0.3, -0.25) is 0 Å². The van der Waals surface area contributed by atoms with Crippen molar-refractivity contribution < 1.29 is 4.74 Å². The Bertz CT molecular complexity index is 347. The average molecular weight is 235 g/mol. The van der Waals surface area contributed by atoms with E-state index in [0.717, 1.165) is 25.2 Å². The highest BCUT2D eigenvalue weighted by Crippen LogP contribution is 2.22. The van der Waals surface area contributed by atoms with Gasteiger partial charge in [0.15, 0.2) is 0 Å². The standard InChI is InChI=1S/C15H25NO/c1-6-9-17-15-8-7-12(2)10-14(15)11-13(3)16(4)5/h7-8,10,13H,6,9,11H2,1-5H3. The van der Waals surface area contributed by atoms with Crippen molar-refractivity contribution in [1.82, 2.24) is 4.90 Å². The fraction of sp³-hybridized carbons (Fsp3) is 0.600. The van der Waals surface area contributed by atoms with Crippen molar-refractivity contribution in [1.29, 1.82) is 0 Å². The van der Waals surface area contributed by atoms with Gasteiger partial charge < -0.3 is 9.64 Å². The summed E-state index contributed by atoms with van der Waals surface area (Å²) in [7, 11) is 4.24. The summed E-state index contributed by atoms with van der Waals surface area (Å²) in [6.07, 6.45) is 2.09. The van der Waals surface area contributed by atoms with Crippen LogP contribution in [0.4, 0.5) is 0 Å². The number of hydrogen-bond acceptors (Lipinski definition) is 2. The molecule has 0 aromatic heterocycles. The van der Waals surface area contributed by atoms with E-state index in [1.54, 1.807) is 0 Å². The normalized spacial score (nSPS) is 12.8. The van der Waals surface area contributed by atoms with Gasteiger partial charge in [-0.05, 0) is 52.4 Å². The van der Waals surface area contributed by atoms with E-state index in [9.17, 15) is 0 Å². The molecule has 0 heterocycles. The molecule has 0 radical (unpaired) electrons. The zero-order valence-corrected chi connectivity index (χ0v) is 11.8. The van der Waals surface area contributed by atoms with E-state index in [2.05, 4.69) is 58.0 Å². The van der Waals surface area contributed by atoms with Gasteiger partial charge in [-0.2, -0.15) is 0 Å². The van der Waals surface area contributed by atoms with Crippen molar-refractivity contribution in [3.05, 3.63) is 29.3 Å². The summed E-state index contributed by atoms with van der Waals surface area (Å²) >= 11 is 0. The molecule has 0 saturated carbocycles. The van der Waals surface area contributed by atoms with Crippen LogP contribution < -0.4 is 4.74 Å². The van der Waals surface area contributed by atoms with E-state index in [4.69, 9.17) is 4.74 Å². The van der Waals surface area contributed by atoms with Crippen molar-refractivity contribution in [3.8, 4) is 5.75 Å². The molecule has 0 amide bonds. The number of benzene rings is 1.